The third-order valence-corrected chi connectivity index (χ3v) is 3.17. The van der Waals surface area contributed by atoms with Crippen LogP contribution in [0.4, 0.5) is 5.95 Å². The minimum absolute atomic E-state index is 0.0467. The average molecular weight is 257 g/mol. The molecule has 1 aromatic carbocycles. The zero-order valence-electron chi connectivity index (χ0n) is 10.4. The van der Waals surface area contributed by atoms with Crippen LogP contribution in [0.1, 0.15) is 0 Å². The molecule has 1 aliphatic heterocycles. The quantitative estimate of drug-likeness (QED) is 0.613. The number of aromatic nitrogens is 2. The van der Waals surface area contributed by atoms with Crippen molar-refractivity contribution in [3.8, 4) is 0 Å². The van der Waals surface area contributed by atoms with E-state index in [1.54, 1.807) is 0 Å². The second-order valence-corrected chi connectivity index (χ2v) is 4.49. The fourth-order valence-electron chi connectivity index (χ4n) is 2.13. The fourth-order valence-corrected chi connectivity index (χ4v) is 2.13. The highest BCUT2D eigenvalue weighted by Gasteiger charge is 2.24. The van der Waals surface area contributed by atoms with Gasteiger partial charge in [-0.15, -0.1) is 0 Å². The normalized spacial score (nSPS) is 19.6. The molecule has 1 unspecified atom stereocenters. The van der Waals surface area contributed by atoms with Gasteiger partial charge in [-0.3, -0.25) is 5.41 Å². The van der Waals surface area contributed by atoms with Crippen LogP contribution in [0.3, 0.4) is 0 Å². The highest BCUT2D eigenvalue weighted by molar-refractivity contribution is 5.83. The summed E-state index contributed by atoms with van der Waals surface area (Å²) in [6.45, 7) is 1.76. The summed E-state index contributed by atoms with van der Waals surface area (Å²) >= 11 is 0. The topological polar surface area (TPSA) is 88.1 Å². The Kier molecular flexibility index (Phi) is 3.00. The predicted octanol–water partition coefficient (Wildman–Crippen LogP) is 0.771. The van der Waals surface area contributed by atoms with Gasteiger partial charge in [0.25, 0.3) is 0 Å². The lowest BCUT2D eigenvalue weighted by Crippen LogP contribution is -2.48. The highest BCUT2D eigenvalue weighted by atomic mass is 16.5. The maximum absolute atomic E-state index is 7.46. The number of fused-ring (bicyclic) bond motifs is 1. The molecule has 1 saturated heterocycles. The molecule has 1 aliphatic rings. The molecular weight excluding hydrogens is 242 g/mol. The predicted molar refractivity (Wildman–Crippen MR) is 73.4 cm³/mol. The fraction of sp³-hybridized carbons (Fsp3) is 0.308. The van der Waals surface area contributed by atoms with Crippen molar-refractivity contribution in [1.29, 1.82) is 5.41 Å². The van der Waals surface area contributed by atoms with Gasteiger partial charge in [-0.05, 0) is 6.07 Å². The van der Waals surface area contributed by atoms with Gasteiger partial charge >= 0.3 is 0 Å². The Morgan fingerprint density at radius 3 is 3.11 bits per heavy atom. The van der Waals surface area contributed by atoms with E-state index in [0.717, 1.165) is 10.9 Å². The van der Waals surface area contributed by atoms with Crippen LogP contribution in [0.15, 0.2) is 30.5 Å². The zero-order chi connectivity index (χ0) is 13.2. The van der Waals surface area contributed by atoms with Crippen LogP contribution in [-0.4, -0.2) is 41.6 Å². The molecule has 0 spiro atoms. The molecule has 6 nitrogen and oxygen atoms in total. The number of para-hydroxylation sites is 1. The Morgan fingerprint density at radius 2 is 2.26 bits per heavy atom. The molecule has 6 heteroatoms. The van der Waals surface area contributed by atoms with Crippen molar-refractivity contribution < 1.29 is 4.74 Å². The molecule has 98 valence electrons. The molecule has 0 aliphatic carbocycles. The Hall–Kier alpha value is -2.21. The number of hydrogen-bond donors (Lipinski definition) is 2. The average Bonchev–Trinajstić information content (AvgIpc) is 2.47. The van der Waals surface area contributed by atoms with Crippen molar-refractivity contribution in [2.75, 3.05) is 24.6 Å². The molecular formula is C13H15N5O. The highest BCUT2D eigenvalue weighted by Crippen LogP contribution is 2.17. The van der Waals surface area contributed by atoms with Gasteiger partial charge in [0.05, 0.1) is 18.7 Å². The molecule has 3 rings (SSSR count). The van der Waals surface area contributed by atoms with Crippen molar-refractivity contribution in [3.05, 3.63) is 30.5 Å². The number of benzene rings is 1. The van der Waals surface area contributed by atoms with E-state index >= 15 is 0 Å². The lowest BCUT2D eigenvalue weighted by Gasteiger charge is -2.32. The van der Waals surface area contributed by atoms with Gasteiger partial charge in [0.15, 0.2) is 0 Å². The van der Waals surface area contributed by atoms with Gasteiger partial charge in [-0.2, -0.15) is 0 Å². The first-order chi connectivity index (χ1) is 9.24. The Bertz CT molecular complexity index is 615. The molecule has 1 atom stereocenters. The number of nitrogens with two attached hydrogens (primary N) is 1. The van der Waals surface area contributed by atoms with Crippen LogP contribution in [0.2, 0.25) is 0 Å². The van der Waals surface area contributed by atoms with E-state index in [9.17, 15) is 0 Å². The van der Waals surface area contributed by atoms with Gasteiger partial charge in [0.2, 0.25) is 5.95 Å². The Labute approximate surface area is 110 Å². The maximum Gasteiger partial charge on any atom is 0.226 e. The number of nitrogens with one attached hydrogen (secondary N) is 1. The van der Waals surface area contributed by atoms with Crippen LogP contribution in [-0.2, 0) is 4.74 Å². The second-order valence-electron chi connectivity index (χ2n) is 4.49. The summed E-state index contributed by atoms with van der Waals surface area (Å²) in [7, 11) is 0. The first-order valence-corrected chi connectivity index (χ1v) is 6.16. The first kappa shape index (κ1) is 11.9. The molecule has 0 amide bonds. The molecule has 2 heterocycles. The van der Waals surface area contributed by atoms with Gasteiger partial charge < -0.3 is 15.4 Å². The van der Waals surface area contributed by atoms with Crippen molar-refractivity contribution in [1.82, 2.24) is 9.97 Å². The van der Waals surface area contributed by atoms with Crippen LogP contribution in [0.25, 0.3) is 10.9 Å². The van der Waals surface area contributed by atoms with Crippen LogP contribution < -0.4 is 10.6 Å². The second kappa shape index (κ2) is 4.81. The monoisotopic (exact) mass is 257 g/mol. The summed E-state index contributed by atoms with van der Waals surface area (Å²) in [5, 5.41) is 8.47. The van der Waals surface area contributed by atoms with Crippen LogP contribution >= 0.6 is 0 Å². The lowest BCUT2D eigenvalue weighted by molar-refractivity contribution is 0.0820. The van der Waals surface area contributed by atoms with Crippen LogP contribution in [0, 0.1) is 5.41 Å². The third kappa shape index (κ3) is 2.34. The van der Waals surface area contributed by atoms with Crippen molar-refractivity contribution in [2.45, 2.75) is 6.10 Å². The smallest absolute Gasteiger partial charge is 0.226 e. The number of amidine groups is 1. The van der Waals surface area contributed by atoms with E-state index in [1.807, 2.05) is 35.4 Å². The largest absolute Gasteiger partial charge is 0.385 e. The van der Waals surface area contributed by atoms with Gasteiger partial charge in [-0.1, -0.05) is 18.2 Å². The van der Waals surface area contributed by atoms with E-state index in [2.05, 4.69) is 9.97 Å². The number of rotatable bonds is 2. The summed E-state index contributed by atoms with van der Waals surface area (Å²) in [6.07, 6.45) is 1.44. The van der Waals surface area contributed by atoms with E-state index in [-0.39, 0.29) is 11.9 Å². The van der Waals surface area contributed by atoms with Crippen LogP contribution in [0.5, 0.6) is 0 Å². The Morgan fingerprint density at radius 1 is 1.42 bits per heavy atom. The number of anilines is 1. The van der Waals surface area contributed by atoms with Gasteiger partial charge in [-0.25, -0.2) is 9.97 Å². The molecule has 0 saturated carbocycles. The summed E-state index contributed by atoms with van der Waals surface area (Å²) < 4.78 is 5.43. The summed E-state index contributed by atoms with van der Waals surface area (Å²) in [6, 6.07) is 7.86. The minimum Gasteiger partial charge on any atom is -0.385 e. The Balaban J connectivity index is 1.89. The van der Waals surface area contributed by atoms with Gasteiger partial charge in [0, 0.05) is 18.1 Å². The maximum atomic E-state index is 7.46. The summed E-state index contributed by atoms with van der Waals surface area (Å²) in [5.74, 6) is 0.707. The molecule has 19 heavy (non-hydrogen) atoms. The summed E-state index contributed by atoms with van der Waals surface area (Å²) in [4.78, 5) is 10.9. The SMILES string of the molecule is N=C(N)C1CN(c2ncc3ccccc3n2)CCO1. The van der Waals surface area contributed by atoms with Crippen molar-refractivity contribution in [2.24, 2.45) is 5.73 Å². The molecule has 3 N–H and O–H groups in total. The number of nitrogens with zero attached hydrogens (tertiary/aromatic N) is 3. The standard InChI is InChI=1S/C13H15N5O/c14-12(15)11-8-18(5-6-19-11)13-16-7-9-3-1-2-4-10(9)17-13/h1-4,7,11H,5-6,8H2,(H3,14,15). The van der Waals surface area contributed by atoms with E-state index < -0.39 is 0 Å². The molecule has 0 radical (unpaired) electrons. The van der Waals surface area contributed by atoms with E-state index in [0.29, 0.717) is 25.6 Å². The molecule has 1 fully saturated rings. The lowest BCUT2D eigenvalue weighted by atomic mass is 10.2. The molecule has 2 aromatic rings. The zero-order valence-corrected chi connectivity index (χ0v) is 10.4. The first-order valence-electron chi connectivity index (χ1n) is 6.16. The molecule has 1 aromatic heterocycles. The van der Waals surface area contributed by atoms with E-state index in [4.69, 9.17) is 15.9 Å². The number of hydrogen-bond acceptors (Lipinski definition) is 5. The molecule has 0 bridgehead atoms. The van der Waals surface area contributed by atoms with Crippen molar-refractivity contribution >= 4 is 22.7 Å². The van der Waals surface area contributed by atoms with Gasteiger partial charge in [0.1, 0.15) is 11.9 Å². The number of morpholine rings is 1. The number of ether oxygens (including phenoxy) is 1. The summed E-state index contributed by atoms with van der Waals surface area (Å²) in [5.41, 5.74) is 6.40. The third-order valence-electron chi connectivity index (χ3n) is 3.17. The van der Waals surface area contributed by atoms with Crippen molar-refractivity contribution in [3.63, 3.8) is 0 Å². The van der Waals surface area contributed by atoms with E-state index in [1.165, 1.54) is 0 Å². The minimum atomic E-state index is -0.371.